The third-order valence-corrected chi connectivity index (χ3v) is 6.63. The van der Waals surface area contributed by atoms with E-state index < -0.39 is 0 Å². The second kappa shape index (κ2) is 5.16. The number of aryl methyl sites for hydroxylation is 2. The van der Waals surface area contributed by atoms with E-state index in [2.05, 4.69) is 0 Å². The Morgan fingerprint density at radius 2 is 1.12 bits per heavy atom. The standard InChI is InChI=1S/C18H16N2O2S2/c1-9-5-7-23-15(9)13-11-12(18(22)19(13)3)14(20(4)17(11)21)16-10(2)6-8-24-16/h5-8H,1-4H3. The topological polar surface area (TPSA) is 40.6 Å². The summed E-state index contributed by atoms with van der Waals surface area (Å²) in [6, 6.07) is 4.03. The Balaban J connectivity index is 2.05. The van der Waals surface area contributed by atoms with Crippen LogP contribution < -0.4 is 0 Å². The number of hydrogen-bond acceptors (Lipinski definition) is 4. The monoisotopic (exact) mass is 356 g/mol. The lowest BCUT2D eigenvalue weighted by atomic mass is 10.1. The Morgan fingerprint density at radius 3 is 1.42 bits per heavy atom. The molecular formula is C18H16N2O2S2. The summed E-state index contributed by atoms with van der Waals surface area (Å²) >= 11 is 3.13. The molecule has 4 rings (SSSR count). The summed E-state index contributed by atoms with van der Waals surface area (Å²) in [4.78, 5) is 31.2. The van der Waals surface area contributed by atoms with E-state index in [-0.39, 0.29) is 11.8 Å². The van der Waals surface area contributed by atoms with Gasteiger partial charge in [-0.1, -0.05) is 0 Å². The third-order valence-electron chi connectivity index (χ3n) is 4.59. The number of thiophene rings is 2. The number of carbonyl (C=O) groups is 2. The van der Waals surface area contributed by atoms with Crippen LogP contribution in [0.2, 0.25) is 0 Å². The molecule has 0 unspecified atom stereocenters. The Bertz CT molecular complexity index is 883. The molecule has 0 aliphatic carbocycles. The molecule has 0 fully saturated rings. The molecule has 2 aliphatic heterocycles. The van der Waals surface area contributed by atoms with Gasteiger partial charge in [0.1, 0.15) is 0 Å². The van der Waals surface area contributed by atoms with Crippen molar-refractivity contribution in [3.05, 3.63) is 54.9 Å². The molecule has 2 aromatic heterocycles. The first-order valence-electron chi connectivity index (χ1n) is 7.57. The maximum atomic E-state index is 13.0. The zero-order valence-electron chi connectivity index (χ0n) is 13.8. The van der Waals surface area contributed by atoms with Gasteiger partial charge in [-0.15, -0.1) is 22.7 Å². The highest BCUT2D eigenvalue weighted by Gasteiger charge is 2.47. The molecule has 122 valence electrons. The van der Waals surface area contributed by atoms with E-state index in [1.807, 2.05) is 36.7 Å². The zero-order valence-corrected chi connectivity index (χ0v) is 15.5. The molecule has 0 aromatic carbocycles. The van der Waals surface area contributed by atoms with E-state index in [1.54, 1.807) is 46.6 Å². The number of carbonyl (C=O) groups excluding carboxylic acids is 2. The van der Waals surface area contributed by atoms with Crippen LogP contribution >= 0.6 is 22.7 Å². The van der Waals surface area contributed by atoms with Crippen LogP contribution in [0.15, 0.2) is 34.0 Å². The van der Waals surface area contributed by atoms with Gasteiger partial charge in [0.05, 0.1) is 32.3 Å². The Labute approximate surface area is 148 Å². The van der Waals surface area contributed by atoms with Crippen LogP contribution in [0.1, 0.15) is 20.9 Å². The van der Waals surface area contributed by atoms with Crippen molar-refractivity contribution >= 4 is 45.9 Å². The molecule has 0 atom stereocenters. The van der Waals surface area contributed by atoms with Crippen molar-refractivity contribution in [2.24, 2.45) is 0 Å². The van der Waals surface area contributed by atoms with Crippen LogP contribution in [0, 0.1) is 13.8 Å². The number of amides is 2. The predicted octanol–water partition coefficient (Wildman–Crippen LogP) is 3.49. The van der Waals surface area contributed by atoms with Gasteiger partial charge in [0.2, 0.25) is 0 Å². The molecule has 6 heteroatoms. The first-order valence-corrected chi connectivity index (χ1v) is 9.33. The molecule has 2 aliphatic rings. The van der Waals surface area contributed by atoms with Crippen LogP contribution in [-0.4, -0.2) is 35.7 Å². The zero-order chi connectivity index (χ0) is 17.2. The normalized spacial score (nSPS) is 17.7. The average molecular weight is 356 g/mol. The van der Waals surface area contributed by atoms with E-state index in [0.717, 1.165) is 32.3 Å². The van der Waals surface area contributed by atoms with Gasteiger partial charge >= 0.3 is 0 Å². The number of hydrogen-bond donors (Lipinski definition) is 0. The highest BCUT2D eigenvalue weighted by Crippen LogP contribution is 2.47. The van der Waals surface area contributed by atoms with Gasteiger partial charge in [0.25, 0.3) is 11.8 Å². The first kappa shape index (κ1) is 15.4. The van der Waals surface area contributed by atoms with E-state index >= 15 is 0 Å². The second-order valence-corrected chi connectivity index (χ2v) is 7.87. The van der Waals surface area contributed by atoms with Gasteiger partial charge < -0.3 is 9.80 Å². The number of fused-ring (bicyclic) bond motifs is 1. The van der Waals surface area contributed by atoms with Crippen molar-refractivity contribution in [1.29, 1.82) is 0 Å². The molecule has 0 spiro atoms. The molecule has 0 saturated heterocycles. The molecule has 4 nitrogen and oxygen atoms in total. The Morgan fingerprint density at radius 1 is 0.750 bits per heavy atom. The number of nitrogens with zero attached hydrogens (tertiary/aromatic N) is 2. The van der Waals surface area contributed by atoms with Crippen LogP contribution in [0.3, 0.4) is 0 Å². The van der Waals surface area contributed by atoms with Crippen molar-refractivity contribution in [3.8, 4) is 0 Å². The van der Waals surface area contributed by atoms with E-state index in [9.17, 15) is 9.59 Å². The van der Waals surface area contributed by atoms with E-state index in [4.69, 9.17) is 0 Å². The lowest BCUT2D eigenvalue weighted by Crippen LogP contribution is -2.25. The summed E-state index contributed by atoms with van der Waals surface area (Å²) in [6.07, 6.45) is 0. The molecule has 2 aromatic rings. The van der Waals surface area contributed by atoms with Gasteiger partial charge in [0.15, 0.2) is 0 Å². The van der Waals surface area contributed by atoms with E-state index in [1.165, 1.54) is 0 Å². The van der Waals surface area contributed by atoms with Gasteiger partial charge in [-0.2, -0.15) is 0 Å². The van der Waals surface area contributed by atoms with E-state index in [0.29, 0.717) is 11.1 Å². The molecule has 0 radical (unpaired) electrons. The fourth-order valence-corrected chi connectivity index (χ4v) is 5.32. The van der Waals surface area contributed by atoms with Crippen LogP contribution in [0.25, 0.3) is 11.4 Å². The molecular weight excluding hydrogens is 340 g/mol. The fourth-order valence-electron chi connectivity index (χ4n) is 3.29. The van der Waals surface area contributed by atoms with Gasteiger partial charge in [0, 0.05) is 14.1 Å². The molecule has 24 heavy (non-hydrogen) atoms. The van der Waals surface area contributed by atoms with Gasteiger partial charge in [-0.3, -0.25) is 9.59 Å². The van der Waals surface area contributed by atoms with Crippen molar-refractivity contribution in [3.63, 3.8) is 0 Å². The number of likely N-dealkylation sites (N-methyl/N-ethyl adjacent to an activating group) is 2. The highest BCUT2D eigenvalue weighted by molar-refractivity contribution is 7.11. The van der Waals surface area contributed by atoms with Crippen LogP contribution in [0.5, 0.6) is 0 Å². The molecule has 2 amide bonds. The predicted molar refractivity (Wildman–Crippen MR) is 97.5 cm³/mol. The quantitative estimate of drug-likeness (QED) is 0.826. The van der Waals surface area contributed by atoms with Crippen LogP contribution in [-0.2, 0) is 9.59 Å². The molecule has 0 saturated carbocycles. The minimum absolute atomic E-state index is 0.103. The van der Waals surface area contributed by atoms with Crippen molar-refractivity contribution in [2.75, 3.05) is 14.1 Å². The Kier molecular flexibility index (Phi) is 3.30. The van der Waals surface area contributed by atoms with Gasteiger partial charge in [-0.05, 0) is 47.9 Å². The lowest BCUT2D eigenvalue weighted by molar-refractivity contribution is -0.123. The van der Waals surface area contributed by atoms with Crippen molar-refractivity contribution < 1.29 is 9.59 Å². The minimum Gasteiger partial charge on any atom is -0.309 e. The molecule has 0 N–H and O–H groups in total. The lowest BCUT2D eigenvalue weighted by Gasteiger charge is -2.19. The maximum absolute atomic E-state index is 13.0. The third kappa shape index (κ3) is 1.84. The summed E-state index contributed by atoms with van der Waals surface area (Å²) < 4.78 is 0. The minimum atomic E-state index is -0.103. The summed E-state index contributed by atoms with van der Waals surface area (Å²) in [5.74, 6) is -0.207. The second-order valence-electron chi connectivity index (χ2n) is 6.04. The SMILES string of the molecule is Cc1ccsc1C1=C2C(=O)N(C)C(c3sccc3C)=C2C(=O)N1C. The summed E-state index contributed by atoms with van der Waals surface area (Å²) in [5.41, 5.74) is 4.73. The average Bonchev–Trinajstić information content (AvgIpc) is 3.26. The largest absolute Gasteiger partial charge is 0.309 e. The van der Waals surface area contributed by atoms with Gasteiger partial charge in [-0.25, -0.2) is 0 Å². The summed E-state index contributed by atoms with van der Waals surface area (Å²) in [5, 5.41) is 3.98. The highest BCUT2D eigenvalue weighted by atomic mass is 32.1. The summed E-state index contributed by atoms with van der Waals surface area (Å²) in [7, 11) is 3.50. The van der Waals surface area contributed by atoms with Crippen LogP contribution in [0.4, 0.5) is 0 Å². The number of rotatable bonds is 2. The molecule has 4 heterocycles. The smallest absolute Gasteiger partial charge is 0.261 e. The molecule has 0 bridgehead atoms. The first-order chi connectivity index (χ1) is 11.4. The maximum Gasteiger partial charge on any atom is 0.261 e. The van der Waals surface area contributed by atoms with Crippen molar-refractivity contribution in [2.45, 2.75) is 13.8 Å². The Hall–Kier alpha value is -2.18. The van der Waals surface area contributed by atoms with Crippen molar-refractivity contribution in [1.82, 2.24) is 9.80 Å². The fraction of sp³-hybridized carbons (Fsp3) is 0.222. The summed E-state index contributed by atoms with van der Waals surface area (Å²) in [6.45, 7) is 4.01.